The maximum absolute atomic E-state index is 12.5. The Bertz CT molecular complexity index is 976. The molecule has 0 unspecified atom stereocenters. The molecule has 7 nitrogen and oxygen atoms in total. The Morgan fingerprint density at radius 1 is 1.04 bits per heavy atom. The fraction of sp³-hybridized carbons (Fsp3) is 0.316. The Morgan fingerprint density at radius 2 is 1.70 bits per heavy atom. The van der Waals surface area contributed by atoms with Crippen molar-refractivity contribution in [1.29, 1.82) is 0 Å². The normalized spacial score (nSPS) is 13.3. The number of carbonyl (C=O) groups excluding carboxylic acids is 1. The van der Waals surface area contributed by atoms with Crippen LogP contribution in [0, 0.1) is 6.92 Å². The average molecular weight is 390 g/mol. The number of nitrogens with one attached hydrogen (secondary N) is 2. The number of carbonyl (C=O) groups is 1. The van der Waals surface area contributed by atoms with E-state index in [0.29, 0.717) is 28.4 Å². The van der Waals surface area contributed by atoms with Crippen LogP contribution in [0.2, 0.25) is 0 Å². The number of aryl methyl sites for hydroxylation is 1. The number of anilines is 2. The first-order chi connectivity index (χ1) is 12.6. The van der Waals surface area contributed by atoms with Gasteiger partial charge in [0.15, 0.2) is 11.5 Å². The van der Waals surface area contributed by atoms with Gasteiger partial charge in [0.2, 0.25) is 16.8 Å². The minimum Gasteiger partial charge on any atom is -0.454 e. The number of ether oxygens (including phenoxy) is 2. The van der Waals surface area contributed by atoms with E-state index in [9.17, 15) is 13.2 Å². The minimum absolute atomic E-state index is 0.166. The van der Waals surface area contributed by atoms with Crippen LogP contribution in [-0.2, 0) is 10.0 Å². The first-order valence-electron chi connectivity index (χ1n) is 8.41. The van der Waals surface area contributed by atoms with Gasteiger partial charge >= 0.3 is 0 Å². The average Bonchev–Trinajstić information content (AvgIpc) is 3.03. The molecule has 0 fully saturated rings. The van der Waals surface area contributed by atoms with E-state index in [1.165, 1.54) is 0 Å². The van der Waals surface area contributed by atoms with E-state index < -0.39 is 14.8 Å². The van der Waals surface area contributed by atoms with E-state index >= 15 is 0 Å². The summed E-state index contributed by atoms with van der Waals surface area (Å²) in [7, 11) is -3.52. The molecule has 0 bridgehead atoms. The molecule has 1 aliphatic rings. The second-order valence-corrected chi connectivity index (χ2v) is 9.71. The van der Waals surface area contributed by atoms with Crippen molar-refractivity contribution in [3.05, 3.63) is 47.5 Å². The molecule has 0 saturated heterocycles. The highest BCUT2D eigenvalue weighted by Crippen LogP contribution is 2.38. The first kappa shape index (κ1) is 19.0. The topological polar surface area (TPSA) is 93.7 Å². The van der Waals surface area contributed by atoms with Crippen molar-refractivity contribution >= 4 is 27.3 Å². The van der Waals surface area contributed by atoms with Gasteiger partial charge in [0.05, 0.1) is 4.75 Å². The number of rotatable bonds is 4. The molecule has 2 aromatic carbocycles. The number of hydrogen-bond donors (Lipinski definition) is 2. The number of benzene rings is 2. The summed E-state index contributed by atoms with van der Waals surface area (Å²) in [5, 5.41) is 2.81. The Balaban J connectivity index is 1.72. The summed E-state index contributed by atoms with van der Waals surface area (Å²) in [6.07, 6.45) is 0. The molecule has 1 heterocycles. The third-order valence-electron chi connectivity index (χ3n) is 4.12. The van der Waals surface area contributed by atoms with Gasteiger partial charge in [0.1, 0.15) is 0 Å². The highest BCUT2D eigenvalue weighted by Gasteiger charge is 2.28. The SMILES string of the molecule is Cc1cc(NC(=O)c2ccc(NS(=O)(=O)C(C)(C)C)cc2)cc2c1OCO2. The fourth-order valence-corrected chi connectivity index (χ4v) is 3.21. The molecule has 3 rings (SSSR count). The molecule has 2 N–H and O–H groups in total. The molecule has 0 aromatic heterocycles. The number of hydrogen-bond acceptors (Lipinski definition) is 5. The van der Waals surface area contributed by atoms with E-state index in [4.69, 9.17) is 9.47 Å². The van der Waals surface area contributed by atoms with Crippen molar-refractivity contribution in [3.63, 3.8) is 0 Å². The molecule has 0 radical (unpaired) electrons. The third-order valence-corrected chi connectivity index (χ3v) is 6.24. The summed E-state index contributed by atoms with van der Waals surface area (Å²) in [5.41, 5.74) is 2.27. The van der Waals surface area contributed by atoms with Crippen LogP contribution in [0.15, 0.2) is 36.4 Å². The van der Waals surface area contributed by atoms with Crippen LogP contribution in [0.25, 0.3) is 0 Å². The zero-order valence-corrected chi connectivity index (χ0v) is 16.4. The van der Waals surface area contributed by atoms with Gasteiger partial charge < -0.3 is 14.8 Å². The van der Waals surface area contributed by atoms with Crippen LogP contribution in [-0.4, -0.2) is 25.9 Å². The first-order valence-corrected chi connectivity index (χ1v) is 9.89. The van der Waals surface area contributed by atoms with E-state index in [2.05, 4.69) is 10.0 Å². The maximum atomic E-state index is 12.5. The largest absolute Gasteiger partial charge is 0.454 e. The Kier molecular flexibility index (Phi) is 4.77. The van der Waals surface area contributed by atoms with Gasteiger partial charge in [0.25, 0.3) is 5.91 Å². The monoisotopic (exact) mass is 390 g/mol. The summed E-state index contributed by atoms with van der Waals surface area (Å²) in [6.45, 7) is 6.89. The highest BCUT2D eigenvalue weighted by atomic mass is 32.2. The summed E-state index contributed by atoms with van der Waals surface area (Å²) in [4.78, 5) is 12.5. The van der Waals surface area contributed by atoms with Crippen LogP contribution in [0.3, 0.4) is 0 Å². The van der Waals surface area contributed by atoms with Gasteiger partial charge in [-0.15, -0.1) is 0 Å². The lowest BCUT2D eigenvalue weighted by molar-refractivity contribution is 0.102. The van der Waals surface area contributed by atoms with E-state index in [1.807, 2.05) is 6.92 Å². The molecule has 2 aromatic rings. The van der Waals surface area contributed by atoms with Crippen molar-refractivity contribution < 1.29 is 22.7 Å². The predicted octanol–water partition coefficient (Wildman–Crippen LogP) is 3.52. The molecule has 8 heteroatoms. The smallest absolute Gasteiger partial charge is 0.255 e. The van der Waals surface area contributed by atoms with E-state index in [-0.39, 0.29) is 12.7 Å². The van der Waals surface area contributed by atoms with Gasteiger partial charge in [-0.2, -0.15) is 0 Å². The van der Waals surface area contributed by atoms with Crippen molar-refractivity contribution in [2.75, 3.05) is 16.8 Å². The van der Waals surface area contributed by atoms with Crippen molar-refractivity contribution in [2.24, 2.45) is 0 Å². The van der Waals surface area contributed by atoms with Crippen LogP contribution in [0.1, 0.15) is 36.7 Å². The van der Waals surface area contributed by atoms with Crippen LogP contribution < -0.4 is 19.5 Å². The molecular formula is C19H22N2O5S. The summed E-state index contributed by atoms with van der Waals surface area (Å²) in [6, 6.07) is 9.76. The Labute approximate surface area is 158 Å². The molecule has 1 aliphatic heterocycles. The zero-order valence-electron chi connectivity index (χ0n) is 15.6. The summed E-state index contributed by atoms with van der Waals surface area (Å²) in [5.74, 6) is 0.971. The van der Waals surface area contributed by atoms with Gasteiger partial charge in [-0.1, -0.05) is 0 Å². The quantitative estimate of drug-likeness (QED) is 0.833. The lowest BCUT2D eigenvalue weighted by atomic mass is 10.1. The van der Waals surface area contributed by atoms with Gasteiger partial charge in [-0.25, -0.2) is 8.42 Å². The third kappa shape index (κ3) is 4.00. The van der Waals surface area contributed by atoms with E-state index in [0.717, 1.165) is 5.56 Å². The lowest BCUT2D eigenvalue weighted by Gasteiger charge is -2.20. The van der Waals surface area contributed by atoms with Crippen LogP contribution in [0.5, 0.6) is 11.5 Å². The van der Waals surface area contributed by atoms with Gasteiger partial charge in [-0.3, -0.25) is 9.52 Å². The molecule has 27 heavy (non-hydrogen) atoms. The molecule has 144 valence electrons. The Morgan fingerprint density at radius 3 is 2.33 bits per heavy atom. The highest BCUT2D eigenvalue weighted by molar-refractivity contribution is 7.94. The fourth-order valence-electron chi connectivity index (χ4n) is 2.46. The molecule has 0 spiro atoms. The predicted molar refractivity (Wildman–Crippen MR) is 104 cm³/mol. The molecular weight excluding hydrogens is 368 g/mol. The van der Waals surface area contributed by atoms with Gasteiger partial charge in [0, 0.05) is 23.0 Å². The van der Waals surface area contributed by atoms with Crippen molar-refractivity contribution in [2.45, 2.75) is 32.4 Å². The number of fused-ring (bicyclic) bond motifs is 1. The summed E-state index contributed by atoms with van der Waals surface area (Å²) >= 11 is 0. The maximum Gasteiger partial charge on any atom is 0.255 e. The van der Waals surface area contributed by atoms with Crippen molar-refractivity contribution in [3.8, 4) is 11.5 Å². The van der Waals surface area contributed by atoms with Crippen LogP contribution in [0.4, 0.5) is 11.4 Å². The second-order valence-electron chi connectivity index (χ2n) is 7.28. The molecule has 0 aliphatic carbocycles. The summed E-state index contributed by atoms with van der Waals surface area (Å²) < 4.78 is 36.7. The number of sulfonamides is 1. The van der Waals surface area contributed by atoms with Crippen LogP contribution >= 0.6 is 0 Å². The number of amides is 1. The molecule has 0 saturated carbocycles. The second kappa shape index (κ2) is 6.77. The minimum atomic E-state index is -3.52. The zero-order chi connectivity index (χ0) is 19.8. The van der Waals surface area contributed by atoms with Crippen molar-refractivity contribution in [1.82, 2.24) is 0 Å². The van der Waals surface area contributed by atoms with E-state index in [1.54, 1.807) is 57.2 Å². The Hall–Kier alpha value is -2.74. The molecule has 0 atom stereocenters. The molecule has 1 amide bonds. The standard InChI is InChI=1S/C19H22N2O5S/c1-12-9-15(10-16-17(12)26-11-25-16)20-18(22)13-5-7-14(8-6-13)21-27(23,24)19(2,3)4/h5-10,21H,11H2,1-4H3,(H,20,22). The lowest BCUT2D eigenvalue weighted by Crippen LogP contribution is -2.33. The van der Waals surface area contributed by atoms with Gasteiger partial charge in [-0.05, 0) is 63.6 Å².